The Labute approximate surface area is 163 Å². The number of amides is 2. The predicted molar refractivity (Wildman–Crippen MR) is 102 cm³/mol. The van der Waals surface area contributed by atoms with Crippen molar-refractivity contribution >= 4 is 35.0 Å². The first-order chi connectivity index (χ1) is 12.5. The number of rotatable bonds is 3. The number of halogens is 2. The zero-order valence-electron chi connectivity index (χ0n) is 14.5. The van der Waals surface area contributed by atoms with Crippen molar-refractivity contribution in [2.45, 2.75) is 31.7 Å². The molecule has 1 aromatic carbocycles. The van der Waals surface area contributed by atoms with Crippen LogP contribution >= 0.6 is 23.2 Å². The fraction of sp³-hybridized carbons (Fsp3) is 0.474. The van der Waals surface area contributed by atoms with Crippen LogP contribution < -0.4 is 10.1 Å². The van der Waals surface area contributed by atoms with Crippen LogP contribution in [0.25, 0.3) is 0 Å². The lowest BCUT2D eigenvalue weighted by Crippen LogP contribution is -2.45. The number of piperidine rings is 1. The molecule has 0 radical (unpaired) electrons. The molecule has 1 N–H and O–H groups in total. The van der Waals surface area contributed by atoms with Gasteiger partial charge in [0.1, 0.15) is 10.8 Å². The van der Waals surface area contributed by atoms with Gasteiger partial charge in [-0.25, -0.2) is 0 Å². The maximum absolute atomic E-state index is 12.8. The minimum Gasteiger partial charge on any atom is -0.492 e. The summed E-state index contributed by atoms with van der Waals surface area (Å²) in [6.07, 6.45) is 4.44. The summed E-state index contributed by atoms with van der Waals surface area (Å²) < 4.78 is 5.75. The molecule has 26 heavy (non-hydrogen) atoms. The summed E-state index contributed by atoms with van der Waals surface area (Å²) in [5.41, 5.74) is 0.847. The Morgan fingerprint density at radius 2 is 2.08 bits per heavy atom. The molecule has 1 saturated heterocycles. The Morgan fingerprint density at radius 1 is 1.27 bits per heavy atom. The van der Waals surface area contributed by atoms with Crippen LogP contribution in [0.2, 0.25) is 10.0 Å². The molecule has 2 aliphatic rings. The Balaban J connectivity index is 1.74. The van der Waals surface area contributed by atoms with Gasteiger partial charge in [-0.2, -0.15) is 0 Å². The molecular formula is C19H22Cl2N2O3. The van der Waals surface area contributed by atoms with Crippen LogP contribution in [0, 0.1) is 5.92 Å². The van der Waals surface area contributed by atoms with Gasteiger partial charge >= 0.3 is 0 Å². The molecule has 0 spiro atoms. The Bertz CT molecular complexity index is 723. The lowest BCUT2D eigenvalue weighted by Gasteiger charge is -2.32. The third-order valence-corrected chi connectivity index (χ3v) is 5.72. The quantitative estimate of drug-likeness (QED) is 0.791. The van der Waals surface area contributed by atoms with E-state index in [0.717, 1.165) is 31.2 Å². The van der Waals surface area contributed by atoms with Crippen LogP contribution in [0.5, 0.6) is 5.75 Å². The largest absolute Gasteiger partial charge is 0.492 e. The molecule has 1 aromatic rings. The van der Waals surface area contributed by atoms with Gasteiger partial charge in [-0.3, -0.25) is 9.59 Å². The molecule has 2 atom stereocenters. The lowest BCUT2D eigenvalue weighted by molar-refractivity contribution is -0.132. The first-order valence-corrected chi connectivity index (χ1v) is 9.59. The topological polar surface area (TPSA) is 58.6 Å². The summed E-state index contributed by atoms with van der Waals surface area (Å²) in [6.45, 7) is 5.15. The molecule has 5 nitrogen and oxygen atoms in total. The van der Waals surface area contributed by atoms with E-state index in [9.17, 15) is 9.59 Å². The predicted octanol–water partition coefficient (Wildman–Crippen LogP) is 3.75. The first-order valence-electron chi connectivity index (χ1n) is 8.83. The van der Waals surface area contributed by atoms with Gasteiger partial charge in [0, 0.05) is 18.7 Å². The Kier molecular flexibility index (Phi) is 6.09. The fourth-order valence-corrected chi connectivity index (χ4v) is 3.92. The highest BCUT2D eigenvalue weighted by Crippen LogP contribution is 2.41. The molecule has 2 aliphatic heterocycles. The summed E-state index contributed by atoms with van der Waals surface area (Å²) in [4.78, 5) is 26.3. The highest BCUT2D eigenvalue weighted by atomic mass is 35.5. The Morgan fingerprint density at radius 3 is 2.85 bits per heavy atom. The number of benzene rings is 1. The average Bonchev–Trinajstić information content (AvgIpc) is 2.87. The van der Waals surface area contributed by atoms with Crippen LogP contribution in [0.3, 0.4) is 0 Å². The van der Waals surface area contributed by atoms with Gasteiger partial charge in [0.25, 0.3) is 0 Å². The van der Waals surface area contributed by atoms with Crippen molar-refractivity contribution in [1.82, 2.24) is 10.2 Å². The van der Waals surface area contributed by atoms with Crippen molar-refractivity contribution < 1.29 is 14.3 Å². The van der Waals surface area contributed by atoms with E-state index >= 15 is 0 Å². The third kappa shape index (κ3) is 3.99. The van der Waals surface area contributed by atoms with Crippen molar-refractivity contribution in [3.05, 3.63) is 40.4 Å². The van der Waals surface area contributed by atoms with Gasteiger partial charge < -0.3 is 15.0 Å². The van der Waals surface area contributed by atoms with E-state index in [1.54, 1.807) is 11.0 Å². The second kappa shape index (κ2) is 8.31. The molecule has 2 amide bonds. The van der Waals surface area contributed by atoms with Crippen LogP contribution in [-0.2, 0) is 9.59 Å². The standard InChI is InChI=1S/C19H22Cl2N2O3/c1-2-16(24)23-9-3-5-12(11-23)19(25)22-15-6-4-10-26-18-13(15)7-8-14(20)17(18)21/h2,7-8,12,15H,1,3-6,9-11H2,(H,22,25). The van der Waals surface area contributed by atoms with Crippen molar-refractivity contribution in [3.8, 4) is 5.75 Å². The summed E-state index contributed by atoms with van der Waals surface area (Å²) in [6, 6.07) is 3.40. The maximum Gasteiger partial charge on any atom is 0.245 e. The van der Waals surface area contributed by atoms with Gasteiger partial charge in [0.05, 0.1) is 23.6 Å². The monoisotopic (exact) mass is 396 g/mol. The SMILES string of the molecule is C=CC(=O)N1CCCC(C(=O)NC2CCCOc3c2ccc(Cl)c3Cl)C1. The van der Waals surface area contributed by atoms with Crippen molar-refractivity contribution in [2.24, 2.45) is 5.92 Å². The molecule has 3 rings (SSSR count). The van der Waals surface area contributed by atoms with Gasteiger partial charge in [-0.15, -0.1) is 0 Å². The van der Waals surface area contributed by atoms with Crippen LogP contribution in [0.1, 0.15) is 37.3 Å². The number of nitrogens with one attached hydrogen (secondary N) is 1. The smallest absolute Gasteiger partial charge is 0.245 e. The maximum atomic E-state index is 12.8. The van der Waals surface area contributed by atoms with E-state index in [1.807, 2.05) is 6.07 Å². The first kappa shape index (κ1) is 19.1. The normalized spacial score (nSPS) is 22.6. The number of carbonyl (C=O) groups excluding carboxylic acids is 2. The van der Waals surface area contributed by atoms with Crippen molar-refractivity contribution in [1.29, 1.82) is 0 Å². The van der Waals surface area contributed by atoms with Crippen molar-refractivity contribution in [3.63, 3.8) is 0 Å². The minimum absolute atomic E-state index is 0.0458. The fourth-order valence-electron chi connectivity index (χ4n) is 3.55. The molecule has 0 aliphatic carbocycles. The van der Waals surface area contributed by atoms with Gasteiger partial charge in [-0.05, 0) is 37.8 Å². The van der Waals surface area contributed by atoms with Gasteiger partial charge in [-0.1, -0.05) is 35.8 Å². The zero-order chi connectivity index (χ0) is 18.7. The second-order valence-electron chi connectivity index (χ2n) is 6.66. The lowest BCUT2D eigenvalue weighted by atomic mass is 9.95. The molecule has 0 saturated carbocycles. The van der Waals surface area contributed by atoms with E-state index in [2.05, 4.69) is 11.9 Å². The molecule has 0 aromatic heterocycles. The van der Waals surface area contributed by atoms with E-state index < -0.39 is 0 Å². The summed E-state index contributed by atoms with van der Waals surface area (Å²) >= 11 is 12.4. The van der Waals surface area contributed by atoms with Crippen molar-refractivity contribution in [2.75, 3.05) is 19.7 Å². The van der Waals surface area contributed by atoms with E-state index in [0.29, 0.717) is 35.5 Å². The van der Waals surface area contributed by atoms with E-state index in [4.69, 9.17) is 27.9 Å². The average molecular weight is 397 g/mol. The number of nitrogens with zero attached hydrogens (tertiary/aromatic N) is 1. The minimum atomic E-state index is -0.219. The molecule has 7 heteroatoms. The number of hydrogen-bond acceptors (Lipinski definition) is 3. The third-order valence-electron chi connectivity index (χ3n) is 4.93. The number of hydrogen-bond donors (Lipinski definition) is 1. The highest BCUT2D eigenvalue weighted by molar-refractivity contribution is 6.43. The molecule has 1 fully saturated rings. The summed E-state index contributed by atoms with van der Waals surface area (Å²) in [5.74, 6) is 0.157. The van der Waals surface area contributed by atoms with Crippen LogP contribution in [0.15, 0.2) is 24.8 Å². The van der Waals surface area contributed by atoms with E-state index in [-0.39, 0.29) is 23.8 Å². The summed E-state index contributed by atoms with van der Waals surface area (Å²) in [5, 5.41) is 3.94. The highest BCUT2D eigenvalue weighted by Gasteiger charge is 2.31. The second-order valence-corrected chi connectivity index (χ2v) is 7.44. The molecule has 0 bridgehead atoms. The zero-order valence-corrected chi connectivity index (χ0v) is 16.0. The van der Waals surface area contributed by atoms with E-state index in [1.165, 1.54) is 6.08 Å². The van der Waals surface area contributed by atoms with Gasteiger partial charge in [0.15, 0.2) is 0 Å². The number of ether oxygens (including phenoxy) is 1. The van der Waals surface area contributed by atoms with Crippen LogP contribution in [0.4, 0.5) is 0 Å². The molecule has 2 heterocycles. The van der Waals surface area contributed by atoms with Gasteiger partial charge in [0.2, 0.25) is 11.8 Å². The number of fused-ring (bicyclic) bond motifs is 1. The summed E-state index contributed by atoms with van der Waals surface area (Å²) in [7, 11) is 0. The van der Waals surface area contributed by atoms with Crippen LogP contribution in [-0.4, -0.2) is 36.4 Å². The number of carbonyl (C=O) groups is 2. The Hall–Kier alpha value is -1.72. The molecule has 2 unspecified atom stereocenters. The molecule has 140 valence electrons. The number of likely N-dealkylation sites (tertiary alicyclic amines) is 1. The molecular weight excluding hydrogens is 375 g/mol.